The molecule has 0 saturated carbocycles. The Morgan fingerprint density at radius 1 is 1.26 bits per heavy atom. The third-order valence-corrected chi connectivity index (χ3v) is 5.69. The molecule has 2 aromatic heterocycles. The fourth-order valence-corrected chi connectivity index (χ4v) is 4.12. The van der Waals surface area contributed by atoms with Crippen LogP contribution in [0.4, 0.5) is 0 Å². The number of carbonyl (C=O) groups is 1. The summed E-state index contributed by atoms with van der Waals surface area (Å²) in [6.07, 6.45) is 5.85. The molecular weight excluding hydrogens is 358 g/mol. The molecule has 142 valence electrons. The predicted molar refractivity (Wildman–Crippen MR) is 111 cm³/mol. The van der Waals surface area contributed by atoms with Crippen LogP contribution in [0.15, 0.2) is 47.5 Å². The average Bonchev–Trinajstić information content (AvgIpc) is 3.10. The zero-order chi connectivity index (χ0) is 19.2. The molecule has 0 saturated heterocycles. The van der Waals surface area contributed by atoms with Crippen LogP contribution in [0, 0.1) is 0 Å². The number of fused-ring (bicyclic) bond motifs is 1. The molecule has 0 aliphatic heterocycles. The van der Waals surface area contributed by atoms with Gasteiger partial charge in [0.05, 0.1) is 11.8 Å². The third-order valence-electron chi connectivity index (χ3n) is 4.52. The van der Waals surface area contributed by atoms with Gasteiger partial charge in [-0.05, 0) is 25.0 Å². The van der Waals surface area contributed by atoms with Crippen LogP contribution in [-0.4, -0.2) is 21.5 Å². The van der Waals surface area contributed by atoms with E-state index < -0.39 is 0 Å². The summed E-state index contributed by atoms with van der Waals surface area (Å²) in [4.78, 5) is 30.4. The molecule has 5 nitrogen and oxygen atoms in total. The molecule has 0 aliphatic carbocycles. The van der Waals surface area contributed by atoms with Gasteiger partial charge in [0.25, 0.3) is 5.56 Å². The number of nitrogens with zero attached hydrogens (tertiary/aromatic N) is 2. The first-order chi connectivity index (χ1) is 13.1. The standard InChI is InChI=1S/C21H25N3O2S/c1-3-4-6-9-15(2)23-19(25)13-24-14-22-17-12-18(27-20(17)21(24)26)16-10-7-5-8-11-16/h5,7-8,10-12,14-15H,3-4,6,9,13H2,1-2H3,(H,23,25). The maximum atomic E-state index is 12.8. The van der Waals surface area contributed by atoms with Gasteiger partial charge in [-0.25, -0.2) is 4.98 Å². The molecule has 0 spiro atoms. The number of hydrogen-bond acceptors (Lipinski definition) is 4. The fraction of sp³-hybridized carbons (Fsp3) is 0.381. The van der Waals surface area contributed by atoms with Gasteiger partial charge < -0.3 is 5.32 Å². The Balaban J connectivity index is 1.73. The van der Waals surface area contributed by atoms with Crippen molar-refractivity contribution in [3.63, 3.8) is 0 Å². The molecule has 2 heterocycles. The Kier molecular flexibility index (Phi) is 6.40. The summed E-state index contributed by atoms with van der Waals surface area (Å²) in [6.45, 7) is 4.16. The van der Waals surface area contributed by atoms with Crippen LogP contribution in [-0.2, 0) is 11.3 Å². The van der Waals surface area contributed by atoms with E-state index in [0.717, 1.165) is 29.7 Å². The minimum atomic E-state index is -0.166. The number of hydrogen-bond donors (Lipinski definition) is 1. The van der Waals surface area contributed by atoms with Crippen LogP contribution < -0.4 is 10.9 Å². The Morgan fingerprint density at radius 2 is 2.04 bits per heavy atom. The first kappa shape index (κ1) is 19.3. The van der Waals surface area contributed by atoms with Gasteiger partial charge in [-0.1, -0.05) is 56.5 Å². The molecule has 1 atom stereocenters. The second kappa shape index (κ2) is 8.95. The van der Waals surface area contributed by atoms with Gasteiger partial charge >= 0.3 is 0 Å². The zero-order valence-corrected chi connectivity index (χ0v) is 16.6. The minimum absolute atomic E-state index is 0.00153. The zero-order valence-electron chi connectivity index (χ0n) is 15.8. The van der Waals surface area contributed by atoms with Gasteiger partial charge in [0.15, 0.2) is 0 Å². The molecular formula is C21H25N3O2S. The lowest BCUT2D eigenvalue weighted by Gasteiger charge is -2.14. The van der Waals surface area contributed by atoms with Crippen LogP contribution in [0.5, 0.6) is 0 Å². The average molecular weight is 384 g/mol. The molecule has 27 heavy (non-hydrogen) atoms. The maximum absolute atomic E-state index is 12.8. The molecule has 0 aliphatic rings. The van der Waals surface area contributed by atoms with Crippen molar-refractivity contribution in [3.8, 4) is 10.4 Å². The third kappa shape index (κ3) is 4.83. The second-order valence-corrected chi connectivity index (χ2v) is 7.89. The number of thiophene rings is 1. The fourth-order valence-electron chi connectivity index (χ4n) is 3.05. The highest BCUT2D eigenvalue weighted by atomic mass is 32.1. The van der Waals surface area contributed by atoms with Crippen molar-refractivity contribution in [3.05, 3.63) is 53.1 Å². The molecule has 1 unspecified atom stereocenters. The van der Waals surface area contributed by atoms with Crippen molar-refractivity contribution in [2.45, 2.75) is 52.1 Å². The van der Waals surface area contributed by atoms with Crippen LogP contribution >= 0.6 is 11.3 Å². The predicted octanol–water partition coefficient (Wildman–Crippen LogP) is 4.21. The Bertz CT molecular complexity index is 962. The molecule has 1 amide bonds. The number of unbranched alkanes of at least 4 members (excludes halogenated alkanes) is 2. The van der Waals surface area contributed by atoms with E-state index in [1.165, 1.54) is 28.7 Å². The van der Waals surface area contributed by atoms with E-state index in [9.17, 15) is 9.59 Å². The maximum Gasteiger partial charge on any atom is 0.271 e. The van der Waals surface area contributed by atoms with E-state index in [1.807, 2.05) is 43.3 Å². The molecule has 3 aromatic rings. The van der Waals surface area contributed by atoms with E-state index in [4.69, 9.17) is 0 Å². The van der Waals surface area contributed by atoms with Gasteiger partial charge in [-0.3, -0.25) is 14.2 Å². The summed E-state index contributed by atoms with van der Waals surface area (Å²) in [5, 5.41) is 2.97. The summed E-state index contributed by atoms with van der Waals surface area (Å²) in [7, 11) is 0. The largest absolute Gasteiger partial charge is 0.352 e. The molecule has 0 fully saturated rings. The van der Waals surface area contributed by atoms with E-state index >= 15 is 0 Å². The molecule has 3 rings (SSSR count). The summed E-state index contributed by atoms with van der Waals surface area (Å²) in [5.41, 5.74) is 1.57. The lowest BCUT2D eigenvalue weighted by Crippen LogP contribution is -2.37. The van der Waals surface area contributed by atoms with Crippen molar-refractivity contribution in [2.24, 2.45) is 0 Å². The monoisotopic (exact) mass is 383 g/mol. The summed E-state index contributed by atoms with van der Waals surface area (Å²) in [6, 6.07) is 12.0. The van der Waals surface area contributed by atoms with Crippen molar-refractivity contribution in [2.75, 3.05) is 0 Å². The van der Waals surface area contributed by atoms with Crippen molar-refractivity contribution in [1.29, 1.82) is 0 Å². The van der Waals surface area contributed by atoms with Gasteiger partial charge in [0.1, 0.15) is 11.2 Å². The smallest absolute Gasteiger partial charge is 0.271 e. The topological polar surface area (TPSA) is 64.0 Å². The van der Waals surface area contributed by atoms with Crippen LogP contribution in [0.3, 0.4) is 0 Å². The first-order valence-corrected chi connectivity index (χ1v) is 10.2. The van der Waals surface area contributed by atoms with E-state index in [-0.39, 0.29) is 24.1 Å². The Labute approximate surface area is 163 Å². The lowest BCUT2D eigenvalue weighted by atomic mass is 10.1. The summed E-state index contributed by atoms with van der Waals surface area (Å²) >= 11 is 1.42. The van der Waals surface area contributed by atoms with Gasteiger partial charge in [0.2, 0.25) is 5.91 Å². The highest BCUT2D eigenvalue weighted by Crippen LogP contribution is 2.30. The Morgan fingerprint density at radius 3 is 2.78 bits per heavy atom. The van der Waals surface area contributed by atoms with Crippen LogP contribution in [0.25, 0.3) is 20.7 Å². The van der Waals surface area contributed by atoms with E-state index in [2.05, 4.69) is 17.2 Å². The first-order valence-electron chi connectivity index (χ1n) is 9.42. The summed E-state index contributed by atoms with van der Waals surface area (Å²) < 4.78 is 1.97. The van der Waals surface area contributed by atoms with Gasteiger partial charge in [0, 0.05) is 10.9 Å². The quantitative estimate of drug-likeness (QED) is 0.593. The number of aromatic nitrogens is 2. The van der Waals surface area contributed by atoms with Crippen LogP contribution in [0.1, 0.15) is 39.5 Å². The summed E-state index contributed by atoms with van der Waals surface area (Å²) in [5.74, 6) is -0.151. The number of benzene rings is 1. The highest BCUT2D eigenvalue weighted by molar-refractivity contribution is 7.22. The van der Waals surface area contributed by atoms with E-state index in [1.54, 1.807) is 0 Å². The van der Waals surface area contributed by atoms with Crippen molar-refractivity contribution >= 4 is 27.5 Å². The SMILES string of the molecule is CCCCCC(C)NC(=O)Cn1cnc2cc(-c3ccccc3)sc2c1=O. The van der Waals surface area contributed by atoms with Gasteiger partial charge in [-0.2, -0.15) is 0 Å². The molecule has 0 radical (unpaired) electrons. The minimum Gasteiger partial charge on any atom is -0.352 e. The van der Waals surface area contributed by atoms with E-state index in [0.29, 0.717) is 10.2 Å². The molecule has 6 heteroatoms. The van der Waals surface area contributed by atoms with Crippen molar-refractivity contribution in [1.82, 2.24) is 14.9 Å². The number of amides is 1. The normalized spacial score (nSPS) is 12.2. The second-order valence-electron chi connectivity index (χ2n) is 6.83. The lowest BCUT2D eigenvalue weighted by molar-refractivity contribution is -0.122. The molecule has 1 aromatic carbocycles. The van der Waals surface area contributed by atoms with Crippen LogP contribution in [0.2, 0.25) is 0 Å². The molecule has 0 bridgehead atoms. The number of carbonyl (C=O) groups excluding carboxylic acids is 1. The van der Waals surface area contributed by atoms with Crippen molar-refractivity contribution < 1.29 is 4.79 Å². The Hall–Kier alpha value is -2.47. The molecule has 1 N–H and O–H groups in total. The number of nitrogens with one attached hydrogen (secondary N) is 1. The number of rotatable bonds is 8. The highest BCUT2D eigenvalue weighted by Gasteiger charge is 2.13. The van der Waals surface area contributed by atoms with Gasteiger partial charge in [-0.15, -0.1) is 11.3 Å².